The minimum atomic E-state index is 0.0588. The van der Waals surface area contributed by atoms with Gasteiger partial charge in [0, 0.05) is 6.54 Å². The van der Waals surface area contributed by atoms with Gasteiger partial charge in [-0.1, -0.05) is 36.4 Å². The van der Waals surface area contributed by atoms with Gasteiger partial charge in [0.15, 0.2) is 11.5 Å². The Kier molecular flexibility index (Phi) is 6.48. The first-order valence-electron chi connectivity index (χ1n) is 7.74. The molecule has 2 aromatic rings. The molecule has 0 fully saturated rings. The Balaban J connectivity index is 1.74. The number of hydrogen-bond donors (Lipinski definition) is 1. The van der Waals surface area contributed by atoms with Crippen LogP contribution in [-0.2, 0) is 17.6 Å². The number of carbonyl (C=O) groups excluding carboxylic acids is 1. The van der Waals surface area contributed by atoms with Crippen LogP contribution >= 0.6 is 0 Å². The first-order chi connectivity index (χ1) is 11.2. The van der Waals surface area contributed by atoms with Crippen LogP contribution in [0.5, 0.6) is 11.5 Å². The summed E-state index contributed by atoms with van der Waals surface area (Å²) in [5.74, 6) is 1.52. The molecule has 0 spiro atoms. The van der Waals surface area contributed by atoms with Crippen LogP contribution in [0.4, 0.5) is 0 Å². The quantitative estimate of drug-likeness (QED) is 0.762. The number of methoxy groups -OCH3 is 2. The van der Waals surface area contributed by atoms with Crippen LogP contribution in [0, 0.1) is 0 Å². The predicted octanol–water partition coefficient (Wildman–Crippen LogP) is 3.00. The van der Waals surface area contributed by atoms with Crippen molar-refractivity contribution < 1.29 is 14.3 Å². The van der Waals surface area contributed by atoms with Gasteiger partial charge in [-0.25, -0.2) is 0 Å². The standard InChI is InChI=1S/C19H23NO3/c1-22-17-11-10-16(13-18(17)23-2)9-6-12-20-19(21)14-15-7-4-3-5-8-15/h3-5,7-8,10-11,13H,6,9,12,14H2,1-2H3,(H,20,21). The highest BCUT2D eigenvalue weighted by atomic mass is 16.5. The Morgan fingerprint density at radius 3 is 2.39 bits per heavy atom. The SMILES string of the molecule is COc1ccc(CCCNC(=O)Cc2ccccc2)cc1OC. The Bertz CT molecular complexity index is 626. The molecular weight excluding hydrogens is 290 g/mol. The topological polar surface area (TPSA) is 47.6 Å². The molecule has 1 N–H and O–H groups in total. The van der Waals surface area contributed by atoms with Crippen LogP contribution in [-0.4, -0.2) is 26.7 Å². The van der Waals surface area contributed by atoms with Gasteiger partial charge in [0.25, 0.3) is 0 Å². The van der Waals surface area contributed by atoms with Crippen molar-refractivity contribution in [2.45, 2.75) is 19.3 Å². The maximum absolute atomic E-state index is 11.9. The Labute approximate surface area is 137 Å². The Hall–Kier alpha value is -2.49. The average Bonchev–Trinajstić information content (AvgIpc) is 2.59. The van der Waals surface area contributed by atoms with E-state index in [0.29, 0.717) is 13.0 Å². The first kappa shape index (κ1) is 16.9. The van der Waals surface area contributed by atoms with Gasteiger partial charge in [0.1, 0.15) is 0 Å². The van der Waals surface area contributed by atoms with Gasteiger partial charge < -0.3 is 14.8 Å². The maximum Gasteiger partial charge on any atom is 0.224 e. The predicted molar refractivity (Wildman–Crippen MR) is 91.0 cm³/mol. The van der Waals surface area contributed by atoms with Gasteiger partial charge in [-0.2, -0.15) is 0 Å². The Morgan fingerprint density at radius 2 is 1.70 bits per heavy atom. The van der Waals surface area contributed by atoms with Crippen molar-refractivity contribution in [1.29, 1.82) is 0 Å². The summed E-state index contributed by atoms with van der Waals surface area (Å²) in [6, 6.07) is 15.7. The number of hydrogen-bond acceptors (Lipinski definition) is 3. The average molecular weight is 313 g/mol. The van der Waals surface area contributed by atoms with Crippen molar-refractivity contribution in [1.82, 2.24) is 5.32 Å². The Morgan fingerprint density at radius 1 is 0.957 bits per heavy atom. The van der Waals surface area contributed by atoms with E-state index in [4.69, 9.17) is 9.47 Å². The fourth-order valence-corrected chi connectivity index (χ4v) is 2.40. The summed E-state index contributed by atoms with van der Waals surface area (Å²) in [5, 5.41) is 2.96. The van der Waals surface area contributed by atoms with E-state index < -0.39 is 0 Å². The second-order valence-corrected chi connectivity index (χ2v) is 5.31. The lowest BCUT2D eigenvalue weighted by molar-refractivity contribution is -0.120. The van der Waals surface area contributed by atoms with E-state index in [1.165, 1.54) is 5.56 Å². The highest BCUT2D eigenvalue weighted by Crippen LogP contribution is 2.27. The molecule has 2 rings (SSSR count). The number of amides is 1. The second-order valence-electron chi connectivity index (χ2n) is 5.31. The number of aryl methyl sites for hydroxylation is 1. The lowest BCUT2D eigenvalue weighted by Crippen LogP contribution is -2.26. The van der Waals surface area contributed by atoms with Crippen LogP contribution in [0.3, 0.4) is 0 Å². The highest BCUT2D eigenvalue weighted by Gasteiger charge is 2.05. The largest absolute Gasteiger partial charge is 0.493 e. The second kappa shape index (κ2) is 8.83. The number of rotatable bonds is 8. The number of nitrogens with one attached hydrogen (secondary N) is 1. The number of carbonyl (C=O) groups is 1. The van der Waals surface area contributed by atoms with Crippen LogP contribution in [0.2, 0.25) is 0 Å². The third kappa shape index (κ3) is 5.33. The van der Waals surface area contributed by atoms with Gasteiger partial charge in [-0.3, -0.25) is 4.79 Å². The summed E-state index contributed by atoms with van der Waals surface area (Å²) < 4.78 is 10.5. The molecule has 122 valence electrons. The van der Waals surface area contributed by atoms with E-state index in [1.807, 2.05) is 48.5 Å². The number of benzene rings is 2. The molecule has 0 saturated heterocycles. The smallest absolute Gasteiger partial charge is 0.224 e. The third-order valence-corrected chi connectivity index (χ3v) is 3.62. The molecule has 0 radical (unpaired) electrons. The van der Waals surface area contributed by atoms with E-state index >= 15 is 0 Å². The van der Waals surface area contributed by atoms with Crippen molar-refractivity contribution in [2.24, 2.45) is 0 Å². The molecule has 1 amide bonds. The molecule has 0 unspecified atom stereocenters. The number of ether oxygens (including phenoxy) is 2. The van der Waals surface area contributed by atoms with Gasteiger partial charge >= 0.3 is 0 Å². The molecule has 0 saturated carbocycles. The van der Waals surface area contributed by atoms with E-state index in [2.05, 4.69) is 5.32 Å². The molecule has 4 nitrogen and oxygen atoms in total. The van der Waals surface area contributed by atoms with Gasteiger partial charge in [-0.15, -0.1) is 0 Å². The minimum absolute atomic E-state index is 0.0588. The first-order valence-corrected chi connectivity index (χ1v) is 7.74. The van der Waals surface area contributed by atoms with E-state index in [-0.39, 0.29) is 5.91 Å². The van der Waals surface area contributed by atoms with Crippen molar-refractivity contribution in [3.8, 4) is 11.5 Å². The molecule has 23 heavy (non-hydrogen) atoms. The van der Waals surface area contributed by atoms with E-state index in [9.17, 15) is 4.79 Å². The summed E-state index contributed by atoms with van der Waals surface area (Å²) in [6.07, 6.45) is 2.19. The van der Waals surface area contributed by atoms with Crippen molar-refractivity contribution in [3.05, 3.63) is 59.7 Å². The van der Waals surface area contributed by atoms with Crippen molar-refractivity contribution in [2.75, 3.05) is 20.8 Å². The molecular formula is C19H23NO3. The van der Waals surface area contributed by atoms with Crippen molar-refractivity contribution >= 4 is 5.91 Å². The summed E-state index contributed by atoms with van der Waals surface area (Å²) in [5.41, 5.74) is 2.20. The summed E-state index contributed by atoms with van der Waals surface area (Å²) >= 11 is 0. The van der Waals surface area contributed by atoms with Gasteiger partial charge in [0.05, 0.1) is 20.6 Å². The zero-order chi connectivity index (χ0) is 16.5. The molecule has 0 bridgehead atoms. The van der Waals surface area contributed by atoms with Gasteiger partial charge in [-0.05, 0) is 36.1 Å². The minimum Gasteiger partial charge on any atom is -0.493 e. The van der Waals surface area contributed by atoms with E-state index in [1.54, 1.807) is 14.2 Å². The lowest BCUT2D eigenvalue weighted by atomic mass is 10.1. The molecule has 2 aromatic carbocycles. The van der Waals surface area contributed by atoms with Crippen molar-refractivity contribution in [3.63, 3.8) is 0 Å². The maximum atomic E-state index is 11.9. The molecule has 0 aromatic heterocycles. The molecule has 0 atom stereocenters. The van der Waals surface area contributed by atoms with Crippen LogP contribution in [0.1, 0.15) is 17.5 Å². The fourth-order valence-electron chi connectivity index (χ4n) is 2.40. The highest BCUT2D eigenvalue weighted by molar-refractivity contribution is 5.78. The summed E-state index contributed by atoms with van der Waals surface area (Å²) in [6.45, 7) is 0.667. The molecule has 0 aliphatic carbocycles. The zero-order valence-electron chi connectivity index (χ0n) is 13.7. The third-order valence-electron chi connectivity index (χ3n) is 3.62. The zero-order valence-corrected chi connectivity index (χ0v) is 13.7. The van der Waals surface area contributed by atoms with Crippen LogP contribution in [0.15, 0.2) is 48.5 Å². The van der Waals surface area contributed by atoms with Gasteiger partial charge in [0.2, 0.25) is 5.91 Å². The normalized spacial score (nSPS) is 10.2. The van der Waals surface area contributed by atoms with E-state index in [0.717, 1.165) is 29.9 Å². The summed E-state index contributed by atoms with van der Waals surface area (Å²) in [7, 11) is 3.26. The molecule has 4 heteroatoms. The summed E-state index contributed by atoms with van der Waals surface area (Å²) in [4.78, 5) is 11.9. The van der Waals surface area contributed by atoms with Crippen LogP contribution < -0.4 is 14.8 Å². The fraction of sp³-hybridized carbons (Fsp3) is 0.316. The molecule has 0 heterocycles. The lowest BCUT2D eigenvalue weighted by Gasteiger charge is -2.10. The van der Waals surface area contributed by atoms with Crippen LogP contribution in [0.25, 0.3) is 0 Å². The monoisotopic (exact) mass is 313 g/mol. The molecule has 0 aliphatic rings. The molecule has 0 aliphatic heterocycles.